The summed E-state index contributed by atoms with van der Waals surface area (Å²) < 4.78 is 31.2. The molecule has 0 unspecified atom stereocenters. The number of rotatable bonds is 1. The van der Waals surface area contributed by atoms with Crippen LogP contribution >= 0.6 is 11.6 Å². The molecule has 0 aliphatic rings. The van der Waals surface area contributed by atoms with Gasteiger partial charge in [0.15, 0.2) is 23.1 Å². The lowest BCUT2D eigenvalue weighted by atomic mass is 10.1. The van der Waals surface area contributed by atoms with E-state index in [1.54, 1.807) is 0 Å². The van der Waals surface area contributed by atoms with Crippen LogP contribution in [0.4, 0.5) is 14.6 Å². The number of anilines is 1. The second-order valence-corrected chi connectivity index (χ2v) is 3.41. The summed E-state index contributed by atoms with van der Waals surface area (Å²) in [5.41, 5.74) is 5.01. The molecule has 0 radical (unpaired) electrons. The van der Waals surface area contributed by atoms with Gasteiger partial charge in [-0.1, -0.05) is 16.8 Å². The fourth-order valence-electron chi connectivity index (χ4n) is 1.18. The molecule has 0 fully saturated rings. The van der Waals surface area contributed by atoms with E-state index in [-0.39, 0.29) is 22.2 Å². The number of aromatic nitrogens is 1. The monoisotopic (exact) mass is 246 g/mol. The highest BCUT2D eigenvalue weighted by molar-refractivity contribution is 6.32. The van der Waals surface area contributed by atoms with Crippen LogP contribution in [0, 0.1) is 11.6 Å². The third-order valence-corrected chi connectivity index (χ3v) is 2.22. The largest absolute Gasteiger partial charge is 0.504 e. The molecule has 3 N–H and O–H groups in total. The van der Waals surface area contributed by atoms with Gasteiger partial charge in [0.1, 0.15) is 0 Å². The Hall–Kier alpha value is -1.82. The first-order valence-electron chi connectivity index (χ1n) is 4.09. The molecule has 7 heteroatoms. The van der Waals surface area contributed by atoms with Crippen LogP contribution in [-0.2, 0) is 0 Å². The number of nitrogens with zero attached hydrogens (tertiary/aromatic N) is 1. The Morgan fingerprint density at radius 1 is 1.31 bits per heavy atom. The summed E-state index contributed by atoms with van der Waals surface area (Å²) in [5.74, 6) is -3.72. The van der Waals surface area contributed by atoms with Gasteiger partial charge in [-0.25, -0.2) is 4.39 Å². The lowest BCUT2D eigenvalue weighted by Crippen LogP contribution is -1.90. The minimum Gasteiger partial charge on any atom is -0.504 e. The molecule has 2 rings (SSSR count). The van der Waals surface area contributed by atoms with Crippen molar-refractivity contribution in [2.24, 2.45) is 0 Å². The Labute approximate surface area is 93.2 Å². The zero-order valence-corrected chi connectivity index (χ0v) is 8.42. The van der Waals surface area contributed by atoms with Gasteiger partial charge in [-0.05, 0) is 6.07 Å². The smallest absolute Gasteiger partial charge is 0.202 e. The standard InChI is InChI=1S/C9H5ClF2N2O2/c10-4-1-3(5-2-6(13)14-16-5)7(11)8(12)9(4)15/h1-2,15H,(H2,13,14). The first kappa shape index (κ1) is 10.7. The summed E-state index contributed by atoms with van der Waals surface area (Å²) in [6, 6.07) is 2.24. The van der Waals surface area contributed by atoms with Crippen molar-refractivity contribution in [3.05, 3.63) is 28.8 Å². The lowest BCUT2D eigenvalue weighted by Gasteiger charge is -2.03. The molecule has 84 valence electrons. The fourth-order valence-corrected chi connectivity index (χ4v) is 1.37. The average molecular weight is 247 g/mol. The highest BCUT2D eigenvalue weighted by Crippen LogP contribution is 2.35. The van der Waals surface area contributed by atoms with Gasteiger partial charge in [-0.15, -0.1) is 0 Å². The van der Waals surface area contributed by atoms with E-state index in [1.165, 1.54) is 6.07 Å². The molecule has 1 aromatic heterocycles. The molecule has 1 aromatic carbocycles. The number of halogens is 3. The highest BCUT2D eigenvalue weighted by atomic mass is 35.5. The van der Waals surface area contributed by atoms with Crippen molar-refractivity contribution in [3.8, 4) is 17.1 Å². The van der Waals surface area contributed by atoms with Crippen molar-refractivity contribution < 1.29 is 18.4 Å². The first-order chi connectivity index (χ1) is 7.50. The molecular formula is C9H5ClF2N2O2. The van der Waals surface area contributed by atoms with E-state index in [1.807, 2.05) is 0 Å². The normalized spacial score (nSPS) is 10.7. The number of phenols is 1. The lowest BCUT2D eigenvalue weighted by molar-refractivity contribution is 0.403. The topological polar surface area (TPSA) is 72.3 Å². The maximum absolute atomic E-state index is 13.4. The average Bonchev–Trinajstić information content (AvgIpc) is 2.67. The summed E-state index contributed by atoms with van der Waals surface area (Å²) in [7, 11) is 0. The zero-order chi connectivity index (χ0) is 11.9. The third-order valence-electron chi connectivity index (χ3n) is 1.93. The second kappa shape index (κ2) is 3.64. The molecule has 0 saturated heterocycles. The maximum Gasteiger partial charge on any atom is 0.202 e. The number of nitrogens with two attached hydrogens (primary N) is 1. The van der Waals surface area contributed by atoms with Crippen LogP contribution in [0.15, 0.2) is 16.7 Å². The van der Waals surface area contributed by atoms with E-state index in [0.29, 0.717) is 0 Å². The molecule has 4 nitrogen and oxygen atoms in total. The van der Waals surface area contributed by atoms with Crippen molar-refractivity contribution in [3.63, 3.8) is 0 Å². The third kappa shape index (κ3) is 1.57. The van der Waals surface area contributed by atoms with Crippen molar-refractivity contribution in [2.75, 3.05) is 5.73 Å². The van der Waals surface area contributed by atoms with Crippen LogP contribution in [0.3, 0.4) is 0 Å². The molecule has 0 aliphatic carbocycles. The molecule has 0 aliphatic heterocycles. The fraction of sp³-hybridized carbons (Fsp3) is 0. The summed E-state index contributed by atoms with van der Waals surface area (Å²) in [4.78, 5) is 0. The Bertz CT molecular complexity index is 557. The summed E-state index contributed by atoms with van der Waals surface area (Å²) in [6.07, 6.45) is 0. The molecule has 2 aromatic rings. The minimum atomic E-state index is -1.45. The number of benzene rings is 1. The molecule has 1 heterocycles. The Morgan fingerprint density at radius 3 is 2.56 bits per heavy atom. The molecule has 0 saturated carbocycles. The van der Waals surface area contributed by atoms with Crippen LogP contribution < -0.4 is 5.73 Å². The van der Waals surface area contributed by atoms with E-state index in [0.717, 1.165) is 6.07 Å². The van der Waals surface area contributed by atoms with Gasteiger partial charge in [0.2, 0.25) is 5.82 Å². The molecule has 16 heavy (non-hydrogen) atoms. The van der Waals surface area contributed by atoms with E-state index in [4.69, 9.17) is 22.4 Å². The van der Waals surface area contributed by atoms with Gasteiger partial charge in [0.05, 0.1) is 10.6 Å². The van der Waals surface area contributed by atoms with Gasteiger partial charge in [-0.2, -0.15) is 4.39 Å². The zero-order valence-electron chi connectivity index (χ0n) is 7.67. The molecule has 0 spiro atoms. The Kier molecular flexibility index (Phi) is 2.43. The molecule has 0 amide bonds. The maximum atomic E-state index is 13.4. The molecular weight excluding hydrogens is 242 g/mol. The van der Waals surface area contributed by atoms with Crippen molar-refractivity contribution in [1.82, 2.24) is 5.16 Å². The molecule has 0 bridgehead atoms. The quantitative estimate of drug-likeness (QED) is 0.759. The molecule has 0 atom stereocenters. The highest BCUT2D eigenvalue weighted by Gasteiger charge is 2.20. The van der Waals surface area contributed by atoms with Crippen LogP contribution in [0.5, 0.6) is 5.75 Å². The van der Waals surface area contributed by atoms with Crippen LogP contribution in [0.25, 0.3) is 11.3 Å². The minimum absolute atomic E-state index is 0.0269. The van der Waals surface area contributed by atoms with Gasteiger partial charge in [-0.3, -0.25) is 0 Å². The summed E-state index contributed by atoms with van der Waals surface area (Å²) >= 11 is 5.50. The van der Waals surface area contributed by atoms with Crippen molar-refractivity contribution in [2.45, 2.75) is 0 Å². The van der Waals surface area contributed by atoms with E-state index in [9.17, 15) is 8.78 Å². The van der Waals surface area contributed by atoms with Gasteiger partial charge < -0.3 is 15.4 Å². The number of hydrogen-bond acceptors (Lipinski definition) is 4. The van der Waals surface area contributed by atoms with Gasteiger partial charge >= 0.3 is 0 Å². The number of aromatic hydroxyl groups is 1. The van der Waals surface area contributed by atoms with E-state index < -0.39 is 17.4 Å². The summed E-state index contributed by atoms with van der Waals surface area (Å²) in [6.45, 7) is 0. The van der Waals surface area contributed by atoms with Crippen LogP contribution in [0.2, 0.25) is 5.02 Å². The first-order valence-corrected chi connectivity index (χ1v) is 4.47. The number of hydrogen-bond donors (Lipinski definition) is 2. The Balaban J connectivity index is 2.66. The van der Waals surface area contributed by atoms with E-state index >= 15 is 0 Å². The summed E-state index contributed by atoms with van der Waals surface area (Å²) in [5, 5.41) is 12.0. The second-order valence-electron chi connectivity index (χ2n) is 3.00. The number of nitrogen functional groups attached to an aromatic ring is 1. The van der Waals surface area contributed by atoms with Gasteiger partial charge in [0, 0.05) is 6.07 Å². The van der Waals surface area contributed by atoms with Gasteiger partial charge in [0.25, 0.3) is 0 Å². The van der Waals surface area contributed by atoms with Crippen LogP contribution in [0.1, 0.15) is 0 Å². The predicted molar refractivity (Wildman–Crippen MR) is 52.9 cm³/mol. The SMILES string of the molecule is Nc1cc(-c2cc(Cl)c(O)c(F)c2F)on1. The number of phenolic OH excluding ortho intramolecular Hbond substituents is 1. The Morgan fingerprint density at radius 2 is 2.00 bits per heavy atom. The predicted octanol–water partition coefficient (Wildman–Crippen LogP) is 2.56. The van der Waals surface area contributed by atoms with Crippen molar-refractivity contribution >= 4 is 17.4 Å². The van der Waals surface area contributed by atoms with Crippen molar-refractivity contribution in [1.29, 1.82) is 0 Å². The van der Waals surface area contributed by atoms with E-state index in [2.05, 4.69) is 9.68 Å². The van der Waals surface area contributed by atoms with Crippen LogP contribution in [-0.4, -0.2) is 10.3 Å².